The van der Waals surface area contributed by atoms with Crippen LogP contribution in [0.15, 0.2) is 28.5 Å². The number of hydrogen-bond acceptors (Lipinski definition) is 5. The van der Waals surface area contributed by atoms with Gasteiger partial charge in [-0.1, -0.05) is 13.8 Å². The van der Waals surface area contributed by atoms with E-state index in [-0.39, 0.29) is 18.3 Å². The molecule has 0 bridgehead atoms. The zero-order chi connectivity index (χ0) is 16.8. The molecule has 2 aromatic rings. The number of halogens is 1. The maximum absolute atomic E-state index is 12.3. The summed E-state index contributed by atoms with van der Waals surface area (Å²) < 4.78 is 0. The van der Waals surface area contributed by atoms with E-state index in [2.05, 4.69) is 36.3 Å². The van der Waals surface area contributed by atoms with Crippen molar-refractivity contribution in [2.75, 3.05) is 11.9 Å². The van der Waals surface area contributed by atoms with Crippen LogP contribution >= 0.6 is 35.5 Å². The second-order valence-electron chi connectivity index (χ2n) is 5.43. The Labute approximate surface area is 158 Å². The number of benzene rings is 1. The minimum absolute atomic E-state index is 0. The number of aromatic nitrogens is 1. The normalized spacial score (nSPS) is 11.7. The fraction of sp³-hybridized carbons (Fsp3) is 0.412. The lowest BCUT2D eigenvalue weighted by atomic mass is 10.2. The summed E-state index contributed by atoms with van der Waals surface area (Å²) in [5.74, 6) is -0.171. The van der Waals surface area contributed by atoms with Crippen LogP contribution in [0.4, 0.5) is 5.69 Å². The molecule has 0 aliphatic carbocycles. The summed E-state index contributed by atoms with van der Waals surface area (Å²) in [7, 11) is 0. The minimum Gasteiger partial charge on any atom is -0.330 e. The first-order chi connectivity index (χ1) is 11.0. The Morgan fingerprint density at radius 1 is 1.46 bits per heavy atom. The van der Waals surface area contributed by atoms with Crippen molar-refractivity contribution in [3.05, 3.63) is 39.8 Å². The van der Waals surface area contributed by atoms with Crippen molar-refractivity contribution in [3.8, 4) is 0 Å². The van der Waals surface area contributed by atoms with E-state index in [1.807, 2.05) is 24.8 Å². The number of anilines is 1. The summed E-state index contributed by atoms with van der Waals surface area (Å²) in [5.41, 5.74) is 7.86. The summed E-state index contributed by atoms with van der Waals surface area (Å²) in [6.45, 7) is 6.96. The van der Waals surface area contributed by atoms with Crippen LogP contribution < -0.4 is 11.1 Å². The summed E-state index contributed by atoms with van der Waals surface area (Å²) in [5, 5.41) is 6.21. The largest absolute Gasteiger partial charge is 0.330 e. The third kappa shape index (κ3) is 5.77. The highest BCUT2D eigenvalue weighted by Gasteiger charge is 2.12. The highest BCUT2D eigenvalue weighted by atomic mass is 35.5. The lowest BCUT2D eigenvalue weighted by Gasteiger charge is -2.12. The number of aryl methyl sites for hydroxylation is 1. The molecule has 3 N–H and O–H groups in total. The molecule has 0 radical (unpaired) electrons. The van der Waals surface area contributed by atoms with Crippen molar-refractivity contribution in [3.63, 3.8) is 0 Å². The van der Waals surface area contributed by atoms with Crippen LogP contribution in [0.5, 0.6) is 0 Å². The lowest BCUT2D eigenvalue weighted by molar-refractivity contribution is 0.102. The summed E-state index contributed by atoms with van der Waals surface area (Å²) in [6.07, 6.45) is 1.84. The Bertz CT molecular complexity index is 676. The molecule has 1 heterocycles. The van der Waals surface area contributed by atoms with Gasteiger partial charge < -0.3 is 11.1 Å². The molecular weight excluding hydrogens is 362 g/mol. The van der Waals surface area contributed by atoms with Crippen LogP contribution in [0.1, 0.15) is 41.3 Å². The second-order valence-corrected chi connectivity index (χ2v) is 7.89. The van der Waals surface area contributed by atoms with Gasteiger partial charge in [0.15, 0.2) is 0 Å². The molecule has 4 nitrogen and oxygen atoms in total. The van der Waals surface area contributed by atoms with E-state index in [0.717, 1.165) is 22.7 Å². The third-order valence-corrected chi connectivity index (χ3v) is 5.67. The Hall–Kier alpha value is -1.08. The molecule has 1 amide bonds. The SMILES string of the molecule is CCC(C)Sc1ccc(NC(=O)c2csc(CCN)n2)c(C)c1.Cl. The summed E-state index contributed by atoms with van der Waals surface area (Å²) in [6, 6.07) is 6.14. The van der Waals surface area contributed by atoms with Gasteiger partial charge in [0.05, 0.1) is 5.01 Å². The van der Waals surface area contributed by atoms with E-state index in [1.54, 1.807) is 5.38 Å². The Morgan fingerprint density at radius 3 is 2.83 bits per heavy atom. The molecular formula is C17H24ClN3OS2. The van der Waals surface area contributed by atoms with Crippen LogP contribution in [0.3, 0.4) is 0 Å². The molecule has 24 heavy (non-hydrogen) atoms. The molecule has 1 aromatic heterocycles. The molecule has 132 valence electrons. The van der Waals surface area contributed by atoms with E-state index in [1.165, 1.54) is 16.2 Å². The van der Waals surface area contributed by atoms with E-state index >= 15 is 0 Å². The Morgan fingerprint density at radius 2 is 2.21 bits per heavy atom. The van der Waals surface area contributed by atoms with Gasteiger partial charge in [-0.2, -0.15) is 0 Å². The van der Waals surface area contributed by atoms with E-state index < -0.39 is 0 Å². The monoisotopic (exact) mass is 385 g/mol. The van der Waals surface area contributed by atoms with Crippen LogP contribution in [0.2, 0.25) is 0 Å². The number of thiazole rings is 1. The molecule has 2 rings (SSSR count). The standard InChI is InChI=1S/C17H23N3OS2.ClH/c1-4-12(3)23-13-5-6-14(11(2)9-13)20-17(21)15-10-22-16(19-15)7-8-18;/h5-6,9-10,12H,4,7-8,18H2,1-3H3,(H,20,21);1H. The van der Waals surface area contributed by atoms with E-state index in [0.29, 0.717) is 23.9 Å². The van der Waals surface area contributed by atoms with Gasteiger partial charge in [-0.05, 0) is 43.7 Å². The van der Waals surface area contributed by atoms with Gasteiger partial charge in [0.1, 0.15) is 5.69 Å². The van der Waals surface area contributed by atoms with Gasteiger partial charge >= 0.3 is 0 Å². The first-order valence-electron chi connectivity index (χ1n) is 7.76. The predicted octanol–water partition coefficient (Wildman–Crippen LogP) is 4.52. The molecule has 0 saturated heterocycles. The summed E-state index contributed by atoms with van der Waals surface area (Å²) >= 11 is 3.33. The van der Waals surface area contributed by atoms with Crippen molar-refractivity contribution in [1.29, 1.82) is 0 Å². The quantitative estimate of drug-likeness (QED) is 0.687. The van der Waals surface area contributed by atoms with Crippen molar-refractivity contribution < 1.29 is 4.79 Å². The molecule has 0 saturated carbocycles. The van der Waals surface area contributed by atoms with Gasteiger partial charge in [0.2, 0.25) is 0 Å². The maximum Gasteiger partial charge on any atom is 0.275 e. The Kier molecular flexibility index (Phi) is 8.76. The molecule has 0 fully saturated rings. The Balaban J connectivity index is 0.00000288. The van der Waals surface area contributed by atoms with Crippen LogP contribution in [-0.2, 0) is 6.42 Å². The lowest BCUT2D eigenvalue weighted by Crippen LogP contribution is -2.13. The van der Waals surface area contributed by atoms with Gasteiger partial charge in [-0.3, -0.25) is 4.79 Å². The highest BCUT2D eigenvalue weighted by molar-refractivity contribution is 7.99. The third-order valence-electron chi connectivity index (χ3n) is 3.50. The number of nitrogens with one attached hydrogen (secondary N) is 1. The molecule has 1 atom stereocenters. The fourth-order valence-corrected chi connectivity index (χ4v) is 3.82. The first-order valence-corrected chi connectivity index (χ1v) is 9.52. The van der Waals surface area contributed by atoms with Gasteiger partial charge in [0, 0.05) is 27.6 Å². The van der Waals surface area contributed by atoms with Gasteiger partial charge in [0.25, 0.3) is 5.91 Å². The first kappa shape index (κ1) is 21.0. The predicted molar refractivity (Wildman–Crippen MR) is 107 cm³/mol. The molecule has 7 heteroatoms. The number of carbonyl (C=O) groups excluding carboxylic acids is 1. The van der Waals surface area contributed by atoms with Crippen molar-refractivity contribution in [1.82, 2.24) is 4.98 Å². The summed E-state index contributed by atoms with van der Waals surface area (Å²) in [4.78, 5) is 17.8. The van der Waals surface area contributed by atoms with E-state index in [9.17, 15) is 4.79 Å². The van der Waals surface area contributed by atoms with Gasteiger partial charge in [-0.15, -0.1) is 35.5 Å². The topological polar surface area (TPSA) is 68.0 Å². The zero-order valence-corrected chi connectivity index (χ0v) is 16.6. The van der Waals surface area contributed by atoms with Gasteiger partial charge in [-0.25, -0.2) is 4.98 Å². The fourth-order valence-electron chi connectivity index (χ4n) is 2.01. The van der Waals surface area contributed by atoms with Crippen LogP contribution in [-0.4, -0.2) is 22.7 Å². The van der Waals surface area contributed by atoms with Crippen LogP contribution in [0.25, 0.3) is 0 Å². The molecule has 1 aromatic carbocycles. The minimum atomic E-state index is -0.171. The van der Waals surface area contributed by atoms with Crippen molar-refractivity contribution in [2.24, 2.45) is 5.73 Å². The van der Waals surface area contributed by atoms with E-state index in [4.69, 9.17) is 5.73 Å². The number of thioether (sulfide) groups is 1. The number of hydrogen-bond donors (Lipinski definition) is 2. The van der Waals surface area contributed by atoms with Crippen LogP contribution in [0, 0.1) is 6.92 Å². The molecule has 1 unspecified atom stereocenters. The number of amides is 1. The number of nitrogens with zero attached hydrogens (tertiary/aromatic N) is 1. The maximum atomic E-state index is 12.3. The average molecular weight is 386 g/mol. The van der Waals surface area contributed by atoms with Crippen molar-refractivity contribution >= 4 is 47.1 Å². The number of rotatable bonds is 7. The molecule has 0 aliphatic heterocycles. The molecule has 0 spiro atoms. The smallest absolute Gasteiger partial charge is 0.275 e. The average Bonchev–Trinajstić information content (AvgIpc) is 2.99. The molecule has 0 aliphatic rings. The zero-order valence-electron chi connectivity index (χ0n) is 14.2. The second kappa shape index (κ2) is 10.0. The van der Waals surface area contributed by atoms with Crippen molar-refractivity contribution in [2.45, 2.75) is 43.8 Å². The number of nitrogens with two attached hydrogens (primary N) is 1. The highest BCUT2D eigenvalue weighted by Crippen LogP contribution is 2.28. The number of carbonyl (C=O) groups is 1.